The number of aromatic nitrogens is 1. The molecule has 0 radical (unpaired) electrons. The van der Waals surface area contributed by atoms with Crippen LogP contribution in [0.15, 0.2) is 35.0 Å². The molecule has 1 N–H and O–H groups in total. The fourth-order valence-electron chi connectivity index (χ4n) is 1.95. The number of ketones is 2. The molecule has 0 aliphatic heterocycles. The van der Waals surface area contributed by atoms with Gasteiger partial charge in [0.15, 0.2) is 0 Å². The number of rotatable bonds is 2. The van der Waals surface area contributed by atoms with Crippen LogP contribution in [0.3, 0.4) is 0 Å². The number of nitrogens with zero attached hydrogens (tertiary/aromatic N) is 1. The SMILES string of the molecule is Cc1nc2c(s1)C(=O)C(Nc1ccc(I)cc1)=C(Cl)C2=O. The minimum absolute atomic E-state index is 0.110. The molecule has 106 valence electrons. The molecule has 1 aromatic carbocycles. The van der Waals surface area contributed by atoms with Gasteiger partial charge >= 0.3 is 0 Å². The highest BCUT2D eigenvalue weighted by atomic mass is 127. The molecular weight excluding hydrogens is 423 g/mol. The number of fused-ring (bicyclic) bond motifs is 1. The third-order valence-corrected chi connectivity index (χ3v) is 4.96. The van der Waals surface area contributed by atoms with Crippen LogP contribution in [0.4, 0.5) is 5.69 Å². The first-order valence-electron chi connectivity index (χ1n) is 5.96. The molecule has 0 atom stereocenters. The number of thiazole rings is 1. The van der Waals surface area contributed by atoms with Crippen LogP contribution in [-0.4, -0.2) is 16.6 Å². The number of benzene rings is 1. The zero-order valence-corrected chi connectivity index (χ0v) is 14.5. The van der Waals surface area contributed by atoms with E-state index in [4.69, 9.17) is 11.6 Å². The van der Waals surface area contributed by atoms with Crippen molar-refractivity contribution in [3.8, 4) is 0 Å². The Balaban J connectivity index is 2.01. The number of carbonyl (C=O) groups excluding carboxylic acids is 2. The average Bonchev–Trinajstić information content (AvgIpc) is 2.85. The van der Waals surface area contributed by atoms with E-state index in [1.165, 1.54) is 11.3 Å². The summed E-state index contributed by atoms with van der Waals surface area (Å²) in [5.41, 5.74) is 0.967. The van der Waals surface area contributed by atoms with E-state index in [2.05, 4.69) is 32.9 Å². The normalized spacial score (nSPS) is 14.4. The topological polar surface area (TPSA) is 59.1 Å². The number of allylic oxidation sites excluding steroid dienone is 2. The summed E-state index contributed by atoms with van der Waals surface area (Å²) >= 11 is 9.45. The summed E-state index contributed by atoms with van der Waals surface area (Å²) in [5, 5.41) is 3.49. The van der Waals surface area contributed by atoms with Crippen molar-refractivity contribution in [2.45, 2.75) is 6.92 Å². The highest BCUT2D eigenvalue weighted by Crippen LogP contribution is 2.32. The van der Waals surface area contributed by atoms with Crippen molar-refractivity contribution >= 4 is 62.8 Å². The van der Waals surface area contributed by atoms with E-state index in [1.54, 1.807) is 6.92 Å². The summed E-state index contributed by atoms with van der Waals surface area (Å²) in [6.07, 6.45) is 0. The van der Waals surface area contributed by atoms with Gasteiger partial charge in [-0.15, -0.1) is 11.3 Å². The molecule has 21 heavy (non-hydrogen) atoms. The molecule has 0 saturated carbocycles. The number of hydrogen-bond acceptors (Lipinski definition) is 5. The Labute approximate surface area is 143 Å². The lowest BCUT2D eigenvalue weighted by Gasteiger charge is -2.15. The van der Waals surface area contributed by atoms with Gasteiger partial charge in [0.05, 0.1) is 5.01 Å². The molecule has 0 amide bonds. The third-order valence-electron chi connectivity index (χ3n) is 2.91. The Bertz CT molecular complexity index is 796. The first-order valence-corrected chi connectivity index (χ1v) is 8.24. The van der Waals surface area contributed by atoms with E-state index in [0.717, 1.165) is 3.57 Å². The van der Waals surface area contributed by atoms with Crippen molar-refractivity contribution in [3.05, 3.63) is 54.1 Å². The monoisotopic (exact) mass is 430 g/mol. The van der Waals surface area contributed by atoms with Gasteiger partial charge in [-0.25, -0.2) is 4.98 Å². The maximum absolute atomic E-state index is 12.5. The van der Waals surface area contributed by atoms with Crippen LogP contribution in [0.2, 0.25) is 0 Å². The molecule has 4 nitrogen and oxygen atoms in total. The predicted octanol–water partition coefficient (Wildman–Crippen LogP) is 4.00. The van der Waals surface area contributed by atoms with Gasteiger partial charge in [-0.05, 0) is 53.8 Å². The van der Waals surface area contributed by atoms with Crippen molar-refractivity contribution in [2.24, 2.45) is 0 Å². The Morgan fingerprint density at radius 2 is 1.86 bits per heavy atom. The Kier molecular flexibility index (Phi) is 3.85. The molecule has 1 aliphatic carbocycles. The van der Waals surface area contributed by atoms with E-state index in [-0.39, 0.29) is 22.2 Å². The number of carbonyl (C=O) groups is 2. The van der Waals surface area contributed by atoms with Crippen molar-refractivity contribution in [1.82, 2.24) is 4.98 Å². The summed E-state index contributed by atoms with van der Waals surface area (Å²) in [6.45, 7) is 1.75. The van der Waals surface area contributed by atoms with Gasteiger partial charge in [0.1, 0.15) is 21.3 Å². The molecule has 1 aromatic heterocycles. The van der Waals surface area contributed by atoms with Crippen LogP contribution < -0.4 is 5.32 Å². The lowest BCUT2D eigenvalue weighted by molar-refractivity contribution is 0.0982. The van der Waals surface area contributed by atoms with Crippen molar-refractivity contribution in [2.75, 3.05) is 5.32 Å². The quantitative estimate of drug-likeness (QED) is 0.732. The lowest BCUT2D eigenvalue weighted by atomic mass is 10.0. The number of aryl methyl sites for hydroxylation is 1. The number of hydrogen-bond donors (Lipinski definition) is 1. The summed E-state index contributed by atoms with van der Waals surface area (Å²) in [5.74, 6) is -0.706. The number of halogens is 2. The standard InChI is InChI=1S/C14H8ClIN2O2S/c1-6-17-11-12(19)9(15)10(13(20)14(11)21-6)18-8-4-2-7(16)3-5-8/h2-5,18H,1H3. The van der Waals surface area contributed by atoms with Crippen LogP contribution in [0.25, 0.3) is 0 Å². The summed E-state index contributed by atoms with van der Waals surface area (Å²) in [6, 6.07) is 7.44. The van der Waals surface area contributed by atoms with Crippen molar-refractivity contribution in [1.29, 1.82) is 0 Å². The summed E-state index contributed by atoms with van der Waals surface area (Å²) in [4.78, 5) is 29.1. The van der Waals surface area contributed by atoms with E-state index in [9.17, 15) is 9.59 Å². The second kappa shape index (κ2) is 5.51. The van der Waals surface area contributed by atoms with Gasteiger partial charge in [-0.1, -0.05) is 11.6 Å². The third kappa shape index (κ3) is 2.63. The molecule has 1 heterocycles. The van der Waals surface area contributed by atoms with E-state index >= 15 is 0 Å². The van der Waals surface area contributed by atoms with Gasteiger partial charge in [-0.2, -0.15) is 0 Å². The number of nitrogens with one attached hydrogen (secondary N) is 1. The molecule has 0 unspecified atom stereocenters. The van der Waals surface area contributed by atoms with Crippen LogP contribution in [0.1, 0.15) is 25.2 Å². The number of Topliss-reactive ketones (excluding diaryl/α,β-unsaturated/α-hetero) is 2. The molecule has 0 saturated heterocycles. The first-order chi connectivity index (χ1) is 9.97. The second-order valence-corrected chi connectivity index (χ2v) is 7.22. The lowest BCUT2D eigenvalue weighted by Crippen LogP contribution is -2.23. The van der Waals surface area contributed by atoms with Gasteiger partial charge in [0.25, 0.3) is 0 Å². The van der Waals surface area contributed by atoms with Crippen LogP contribution >= 0.6 is 45.5 Å². The highest BCUT2D eigenvalue weighted by molar-refractivity contribution is 14.1. The molecule has 0 fully saturated rings. The largest absolute Gasteiger partial charge is 0.351 e. The molecule has 1 aliphatic rings. The predicted molar refractivity (Wildman–Crippen MR) is 91.2 cm³/mol. The minimum Gasteiger partial charge on any atom is -0.351 e. The van der Waals surface area contributed by atoms with E-state index in [0.29, 0.717) is 15.6 Å². The highest BCUT2D eigenvalue weighted by Gasteiger charge is 2.34. The minimum atomic E-state index is -0.413. The maximum Gasteiger partial charge on any atom is 0.226 e. The maximum atomic E-state index is 12.5. The van der Waals surface area contributed by atoms with Crippen molar-refractivity contribution < 1.29 is 9.59 Å². The molecule has 0 bridgehead atoms. The van der Waals surface area contributed by atoms with Crippen LogP contribution in [0, 0.1) is 10.5 Å². The van der Waals surface area contributed by atoms with Crippen molar-refractivity contribution in [3.63, 3.8) is 0 Å². The van der Waals surface area contributed by atoms with Gasteiger partial charge < -0.3 is 5.32 Å². The first kappa shape index (κ1) is 14.7. The smallest absolute Gasteiger partial charge is 0.226 e. The molecular formula is C14H8ClIN2O2S. The number of anilines is 1. The van der Waals surface area contributed by atoms with E-state index < -0.39 is 5.78 Å². The van der Waals surface area contributed by atoms with Gasteiger partial charge in [-0.3, -0.25) is 9.59 Å². The second-order valence-electron chi connectivity index (χ2n) is 4.39. The zero-order chi connectivity index (χ0) is 15.1. The summed E-state index contributed by atoms with van der Waals surface area (Å²) < 4.78 is 1.07. The average molecular weight is 431 g/mol. The molecule has 3 rings (SSSR count). The Hall–Kier alpha value is -1.25. The molecule has 0 spiro atoms. The van der Waals surface area contributed by atoms with Crippen LogP contribution in [-0.2, 0) is 0 Å². The Morgan fingerprint density at radius 1 is 1.19 bits per heavy atom. The fraction of sp³-hybridized carbons (Fsp3) is 0.0714. The van der Waals surface area contributed by atoms with E-state index in [1.807, 2.05) is 24.3 Å². The zero-order valence-electron chi connectivity index (χ0n) is 10.7. The summed E-state index contributed by atoms with van der Waals surface area (Å²) in [7, 11) is 0. The van der Waals surface area contributed by atoms with Gasteiger partial charge in [0.2, 0.25) is 11.6 Å². The van der Waals surface area contributed by atoms with Crippen LogP contribution in [0.5, 0.6) is 0 Å². The fourth-order valence-corrected chi connectivity index (χ4v) is 3.40. The molecule has 2 aromatic rings. The Morgan fingerprint density at radius 3 is 2.52 bits per heavy atom. The van der Waals surface area contributed by atoms with Gasteiger partial charge in [0, 0.05) is 9.26 Å². The molecule has 7 heteroatoms.